The Kier molecular flexibility index (Phi) is 8.59. The molecule has 0 saturated carbocycles. The molecule has 59 heavy (non-hydrogen) atoms. The third kappa shape index (κ3) is 6.32. The number of aromatic nitrogens is 2. The predicted molar refractivity (Wildman–Crippen MR) is 243 cm³/mol. The fourth-order valence-corrected chi connectivity index (χ4v) is 9.20. The number of fused-ring (bicyclic) bond motifs is 6. The van der Waals surface area contributed by atoms with Crippen molar-refractivity contribution in [1.29, 1.82) is 0 Å². The molecule has 0 aliphatic heterocycles. The van der Waals surface area contributed by atoms with Gasteiger partial charge in [-0.1, -0.05) is 171 Å². The molecule has 0 bridgehead atoms. The third-order valence-electron chi connectivity index (χ3n) is 12.3. The molecule has 3 heteroatoms. The molecule has 0 spiro atoms. The molecule has 2 heterocycles. The summed E-state index contributed by atoms with van der Waals surface area (Å²) in [5, 5.41) is 2.20. The van der Waals surface area contributed by atoms with Gasteiger partial charge in [0.2, 0.25) is 0 Å². The molecule has 2 aromatic heterocycles. The van der Waals surface area contributed by atoms with Crippen molar-refractivity contribution in [2.45, 2.75) is 25.2 Å². The Morgan fingerprint density at radius 3 is 1.83 bits per heavy atom. The van der Waals surface area contributed by atoms with Crippen molar-refractivity contribution in [2.75, 3.05) is 0 Å². The van der Waals surface area contributed by atoms with Gasteiger partial charge < -0.3 is 4.42 Å². The molecule has 3 nitrogen and oxygen atoms in total. The van der Waals surface area contributed by atoms with Gasteiger partial charge in [-0.25, -0.2) is 9.97 Å². The molecule has 2 unspecified atom stereocenters. The minimum atomic E-state index is 0.394. The summed E-state index contributed by atoms with van der Waals surface area (Å²) in [6, 6.07) is 71.4. The largest absolute Gasteiger partial charge is 0.456 e. The van der Waals surface area contributed by atoms with E-state index in [9.17, 15) is 0 Å². The van der Waals surface area contributed by atoms with Gasteiger partial charge in [-0.15, -0.1) is 0 Å². The van der Waals surface area contributed by atoms with E-state index in [0.717, 1.165) is 67.6 Å². The maximum absolute atomic E-state index is 6.54. The summed E-state index contributed by atoms with van der Waals surface area (Å²) in [5.41, 5.74) is 18.1. The van der Waals surface area contributed by atoms with Crippen molar-refractivity contribution in [3.63, 3.8) is 0 Å². The van der Waals surface area contributed by atoms with Crippen LogP contribution in [0.15, 0.2) is 205 Å². The van der Waals surface area contributed by atoms with Crippen LogP contribution in [0, 0.1) is 0 Å². The van der Waals surface area contributed by atoms with Crippen LogP contribution in [-0.4, -0.2) is 9.97 Å². The quantitative estimate of drug-likeness (QED) is 0.163. The summed E-state index contributed by atoms with van der Waals surface area (Å²) >= 11 is 0. The summed E-state index contributed by atoms with van der Waals surface area (Å²) in [4.78, 5) is 10.3. The molecule has 280 valence electrons. The van der Waals surface area contributed by atoms with E-state index in [2.05, 4.69) is 195 Å². The van der Waals surface area contributed by atoms with Gasteiger partial charge in [-0.2, -0.15) is 0 Å². The second kappa shape index (κ2) is 14.5. The fraction of sp³-hybridized carbons (Fsp3) is 0.0714. The van der Waals surface area contributed by atoms with Crippen LogP contribution in [0.25, 0.3) is 89.2 Å². The highest BCUT2D eigenvalue weighted by Gasteiger charge is 2.29. The lowest BCUT2D eigenvalue weighted by atomic mass is 9.71. The first kappa shape index (κ1) is 34.9. The highest BCUT2D eigenvalue weighted by Crippen LogP contribution is 2.47. The van der Waals surface area contributed by atoms with E-state index < -0.39 is 0 Å². The first-order valence-corrected chi connectivity index (χ1v) is 20.5. The van der Waals surface area contributed by atoms with E-state index in [-0.39, 0.29) is 0 Å². The molecule has 0 fully saturated rings. The molecular formula is C56H40N2O. The van der Waals surface area contributed by atoms with Gasteiger partial charge >= 0.3 is 0 Å². The van der Waals surface area contributed by atoms with Gasteiger partial charge in [-0.05, 0) is 105 Å². The number of hydrogen-bond acceptors (Lipinski definition) is 3. The predicted octanol–water partition coefficient (Wildman–Crippen LogP) is 14.8. The zero-order valence-corrected chi connectivity index (χ0v) is 32.7. The lowest BCUT2D eigenvalue weighted by Gasteiger charge is -2.32. The Labute approximate surface area is 344 Å². The van der Waals surface area contributed by atoms with Gasteiger partial charge in [0.1, 0.15) is 11.2 Å². The Morgan fingerprint density at radius 2 is 1.07 bits per heavy atom. The van der Waals surface area contributed by atoms with Crippen LogP contribution in [0.5, 0.6) is 0 Å². The minimum absolute atomic E-state index is 0.394. The van der Waals surface area contributed by atoms with Crippen molar-refractivity contribution >= 4 is 21.9 Å². The number of hydrogen-bond donors (Lipinski definition) is 0. The normalized spacial score (nSPS) is 13.9. The monoisotopic (exact) mass is 756 g/mol. The minimum Gasteiger partial charge on any atom is -0.456 e. The van der Waals surface area contributed by atoms with Crippen molar-refractivity contribution in [3.05, 3.63) is 217 Å². The van der Waals surface area contributed by atoms with Crippen molar-refractivity contribution < 1.29 is 4.42 Å². The van der Waals surface area contributed by atoms with Gasteiger partial charge in [0, 0.05) is 27.5 Å². The molecule has 0 amide bonds. The summed E-state index contributed by atoms with van der Waals surface area (Å²) in [6.45, 7) is 2.38. The van der Waals surface area contributed by atoms with Crippen LogP contribution < -0.4 is 0 Å². The highest BCUT2D eigenvalue weighted by molar-refractivity contribution is 6.13. The van der Waals surface area contributed by atoms with Gasteiger partial charge in [0.15, 0.2) is 5.82 Å². The Hall–Kier alpha value is -7.36. The van der Waals surface area contributed by atoms with Gasteiger partial charge in [-0.3, -0.25) is 0 Å². The van der Waals surface area contributed by atoms with Crippen LogP contribution in [0.4, 0.5) is 0 Å². The maximum atomic E-state index is 6.54. The molecule has 1 aliphatic carbocycles. The van der Waals surface area contributed by atoms with Crippen molar-refractivity contribution in [1.82, 2.24) is 9.97 Å². The smallest absolute Gasteiger partial charge is 0.160 e. The van der Waals surface area contributed by atoms with Crippen LogP contribution in [-0.2, 0) is 6.42 Å². The number of benzene rings is 8. The molecule has 8 aromatic carbocycles. The standard InChI is InChI=1S/C56H40N2O/c1-36(37-15-5-2-6-16-37)48-34-43-21-11-12-24-45(43)49-32-40(27-29-47(48)49)41-28-30-53-50(33-41)55-46(25-14-26-54(55)59-53)42-22-13-23-44(31-42)56-57-51(38-17-7-3-8-18-38)35-52(58-56)39-19-9-4-10-20-39/h2-33,35-36,48H,34H2,1H3. The van der Waals surface area contributed by atoms with E-state index in [1.54, 1.807) is 0 Å². The van der Waals surface area contributed by atoms with Gasteiger partial charge in [0.25, 0.3) is 0 Å². The molecular weight excluding hydrogens is 717 g/mol. The lowest BCUT2D eigenvalue weighted by Crippen LogP contribution is -2.17. The molecule has 0 saturated heterocycles. The van der Waals surface area contributed by atoms with Crippen molar-refractivity contribution in [3.8, 4) is 67.3 Å². The highest BCUT2D eigenvalue weighted by atomic mass is 16.3. The average molecular weight is 757 g/mol. The van der Waals surface area contributed by atoms with E-state index in [4.69, 9.17) is 14.4 Å². The number of furan rings is 1. The lowest BCUT2D eigenvalue weighted by molar-refractivity contribution is 0.568. The Balaban J connectivity index is 1.01. The van der Waals surface area contributed by atoms with E-state index in [1.807, 2.05) is 12.1 Å². The molecule has 1 aliphatic rings. The zero-order valence-electron chi connectivity index (χ0n) is 32.7. The summed E-state index contributed by atoms with van der Waals surface area (Å²) in [7, 11) is 0. The Morgan fingerprint density at radius 1 is 0.458 bits per heavy atom. The first-order valence-electron chi connectivity index (χ1n) is 20.5. The van der Waals surface area contributed by atoms with E-state index in [0.29, 0.717) is 17.7 Å². The fourth-order valence-electron chi connectivity index (χ4n) is 9.20. The van der Waals surface area contributed by atoms with Crippen LogP contribution >= 0.6 is 0 Å². The zero-order chi connectivity index (χ0) is 39.3. The summed E-state index contributed by atoms with van der Waals surface area (Å²) in [5.74, 6) is 1.48. The maximum Gasteiger partial charge on any atom is 0.160 e. The van der Waals surface area contributed by atoms with Crippen LogP contribution in [0.1, 0.15) is 35.4 Å². The Bertz CT molecular complexity index is 3090. The first-order chi connectivity index (χ1) is 29.1. The summed E-state index contributed by atoms with van der Waals surface area (Å²) < 4.78 is 6.54. The summed E-state index contributed by atoms with van der Waals surface area (Å²) in [6.07, 6.45) is 1.04. The molecule has 0 N–H and O–H groups in total. The van der Waals surface area contributed by atoms with Crippen LogP contribution in [0.2, 0.25) is 0 Å². The van der Waals surface area contributed by atoms with Gasteiger partial charge in [0.05, 0.1) is 11.4 Å². The average Bonchev–Trinajstić information content (AvgIpc) is 3.70. The van der Waals surface area contributed by atoms with Crippen molar-refractivity contribution in [2.24, 2.45) is 0 Å². The second-order valence-corrected chi connectivity index (χ2v) is 15.7. The topological polar surface area (TPSA) is 38.9 Å². The number of rotatable bonds is 7. The third-order valence-corrected chi connectivity index (χ3v) is 12.3. The number of nitrogens with zero attached hydrogens (tertiary/aromatic N) is 2. The van der Waals surface area contributed by atoms with E-state index in [1.165, 1.54) is 38.9 Å². The molecule has 11 rings (SSSR count). The second-order valence-electron chi connectivity index (χ2n) is 15.7. The SMILES string of the molecule is CC(c1ccccc1)C1Cc2ccccc2-c2cc(-c3ccc4oc5cccc(-c6cccc(-c7nc(-c8ccccc8)cc(-c8ccccc8)n7)c6)c5c4c3)ccc21. The van der Waals surface area contributed by atoms with E-state index >= 15 is 0 Å². The molecule has 2 atom stereocenters. The molecule has 0 radical (unpaired) electrons. The van der Waals surface area contributed by atoms with Crippen LogP contribution in [0.3, 0.4) is 0 Å². The molecule has 10 aromatic rings.